The molecule has 0 saturated carbocycles. The quantitative estimate of drug-likeness (QED) is 0.884. The van der Waals surface area contributed by atoms with Crippen LogP contribution < -0.4 is 10.5 Å². The summed E-state index contributed by atoms with van der Waals surface area (Å²) < 4.78 is 7.20. The maximum absolute atomic E-state index is 6.29. The van der Waals surface area contributed by atoms with Gasteiger partial charge in [0.05, 0.1) is 19.8 Å². The third kappa shape index (κ3) is 3.13. The van der Waals surface area contributed by atoms with Gasteiger partial charge < -0.3 is 15.0 Å². The van der Waals surface area contributed by atoms with Crippen LogP contribution in [0.25, 0.3) is 0 Å². The van der Waals surface area contributed by atoms with Crippen LogP contribution in [0.4, 0.5) is 0 Å². The smallest absolute Gasteiger partial charge is 0.131 e. The first-order valence-corrected chi connectivity index (χ1v) is 6.17. The van der Waals surface area contributed by atoms with E-state index in [-0.39, 0.29) is 6.04 Å². The molecule has 0 amide bonds. The topological polar surface area (TPSA) is 56.3 Å². The lowest BCUT2D eigenvalue weighted by Gasteiger charge is -2.17. The molecule has 0 saturated heterocycles. The molecule has 0 bridgehead atoms. The van der Waals surface area contributed by atoms with E-state index in [0.29, 0.717) is 0 Å². The summed E-state index contributed by atoms with van der Waals surface area (Å²) in [5.41, 5.74) is 7.31. The summed E-state index contributed by atoms with van der Waals surface area (Å²) in [5.74, 6) is 1.69. The molecule has 1 heterocycles. The lowest BCUT2D eigenvalue weighted by molar-refractivity contribution is 0.318. The normalized spacial score (nSPS) is 12.7. The zero-order chi connectivity index (χ0) is 13.8. The van der Waals surface area contributed by atoms with Crippen molar-refractivity contribution in [3.8, 4) is 5.75 Å². The average Bonchev–Trinajstić information content (AvgIpc) is 2.85. The van der Waals surface area contributed by atoms with Crippen LogP contribution in [-0.2, 0) is 6.67 Å². The Hall–Kier alpha value is -1.85. The Balaban J connectivity index is 2.22. The lowest BCUT2D eigenvalue weighted by Crippen LogP contribution is -2.23. The third-order valence-electron chi connectivity index (χ3n) is 2.94. The van der Waals surface area contributed by atoms with Crippen LogP contribution in [0.2, 0.25) is 0 Å². The first-order chi connectivity index (χ1) is 9.11. The summed E-state index contributed by atoms with van der Waals surface area (Å²) >= 11 is 0. The van der Waals surface area contributed by atoms with Crippen molar-refractivity contribution >= 4 is 0 Å². The van der Waals surface area contributed by atoms with Crippen molar-refractivity contribution in [3.63, 3.8) is 0 Å². The molecule has 1 unspecified atom stereocenters. The number of benzene rings is 1. The second kappa shape index (κ2) is 5.86. The number of methoxy groups -OCH3 is 1. The van der Waals surface area contributed by atoms with Gasteiger partial charge in [-0.25, -0.2) is 4.98 Å². The second-order valence-electron chi connectivity index (χ2n) is 4.73. The summed E-state index contributed by atoms with van der Waals surface area (Å²) in [4.78, 5) is 6.44. The molecule has 0 fully saturated rings. The Kier molecular flexibility index (Phi) is 4.19. The molecule has 1 aromatic heterocycles. The molecule has 1 atom stereocenters. The fraction of sp³-hybridized carbons (Fsp3) is 0.357. The van der Waals surface area contributed by atoms with Crippen molar-refractivity contribution in [1.29, 1.82) is 0 Å². The highest BCUT2D eigenvalue weighted by atomic mass is 16.5. The second-order valence-corrected chi connectivity index (χ2v) is 4.73. The predicted molar refractivity (Wildman–Crippen MR) is 74.9 cm³/mol. The van der Waals surface area contributed by atoms with Crippen LogP contribution >= 0.6 is 0 Å². The van der Waals surface area contributed by atoms with Crippen LogP contribution in [0.1, 0.15) is 17.4 Å². The zero-order valence-electron chi connectivity index (χ0n) is 11.6. The number of hydrogen-bond donors (Lipinski definition) is 1. The van der Waals surface area contributed by atoms with Gasteiger partial charge in [0.15, 0.2) is 0 Å². The minimum atomic E-state index is -0.235. The molecule has 0 aliphatic heterocycles. The van der Waals surface area contributed by atoms with E-state index in [1.165, 1.54) is 0 Å². The number of hydrogen-bond acceptors (Lipinski definition) is 4. The molecule has 5 heteroatoms. The number of imidazole rings is 1. The van der Waals surface area contributed by atoms with E-state index in [2.05, 4.69) is 14.5 Å². The zero-order valence-corrected chi connectivity index (χ0v) is 11.6. The van der Waals surface area contributed by atoms with Crippen molar-refractivity contribution in [2.45, 2.75) is 12.7 Å². The number of nitrogens with two attached hydrogens (primary N) is 1. The standard InChI is InChI=1S/C14H20N4O/c1-17(2)10-18-9-8-16-14(18)13(15)11-4-6-12(19-3)7-5-11/h4-9,13H,10,15H2,1-3H3. The Morgan fingerprint density at radius 1 is 1.32 bits per heavy atom. The van der Waals surface area contributed by atoms with E-state index in [4.69, 9.17) is 10.5 Å². The average molecular weight is 260 g/mol. The Morgan fingerprint density at radius 3 is 2.58 bits per heavy atom. The monoisotopic (exact) mass is 260 g/mol. The van der Waals surface area contributed by atoms with Crippen LogP contribution in [0.3, 0.4) is 0 Å². The van der Waals surface area contributed by atoms with E-state index in [1.807, 2.05) is 44.6 Å². The van der Waals surface area contributed by atoms with Gasteiger partial charge in [0, 0.05) is 12.4 Å². The molecule has 19 heavy (non-hydrogen) atoms. The molecular formula is C14H20N4O. The lowest BCUT2D eigenvalue weighted by atomic mass is 10.1. The molecule has 0 radical (unpaired) electrons. The maximum Gasteiger partial charge on any atom is 0.131 e. The van der Waals surface area contributed by atoms with E-state index in [1.54, 1.807) is 13.3 Å². The molecule has 1 aromatic carbocycles. The largest absolute Gasteiger partial charge is 0.497 e. The Morgan fingerprint density at radius 2 is 2.00 bits per heavy atom. The van der Waals surface area contributed by atoms with E-state index >= 15 is 0 Å². The highest BCUT2D eigenvalue weighted by Gasteiger charge is 2.15. The number of ether oxygens (including phenoxy) is 1. The van der Waals surface area contributed by atoms with Gasteiger partial charge in [0.2, 0.25) is 0 Å². The van der Waals surface area contributed by atoms with Gasteiger partial charge in [0.25, 0.3) is 0 Å². The number of rotatable bonds is 5. The van der Waals surface area contributed by atoms with Crippen LogP contribution in [0.15, 0.2) is 36.7 Å². The molecular weight excluding hydrogens is 240 g/mol. The molecule has 0 aliphatic rings. The summed E-state index contributed by atoms with van der Waals surface area (Å²) in [6.07, 6.45) is 3.72. The highest BCUT2D eigenvalue weighted by molar-refractivity contribution is 5.31. The van der Waals surface area contributed by atoms with Gasteiger partial charge in [0.1, 0.15) is 11.6 Å². The van der Waals surface area contributed by atoms with Crippen molar-refractivity contribution in [1.82, 2.24) is 14.5 Å². The Bertz CT molecular complexity index is 518. The van der Waals surface area contributed by atoms with Crippen molar-refractivity contribution in [3.05, 3.63) is 48.0 Å². The molecule has 0 spiro atoms. The van der Waals surface area contributed by atoms with E-state index in [9.17, 15) is 0 Å². The molecule has 2 N–H and O–H groups in total. The highest BCUT2D eigenvalue weighted by Crippen LogP contribution is 2.21. The van der Waals surface area contributed by atoms with Crippen molar-refractivity contribution in [2.75, 3.05) is 21.2 Å². The van der Waals surface area contributed by atoms with Gasteiger partial charge in [-0.15, -0.1) is 0 Å². The molecule has 2 rings (SSSR count). The molecule has 102 valence electrons. The first-order valence-electron chi connectivity index (χ1n) is 6.17. The van der Waals surface area contributed by atoms with E-state index in [0.717, 1.165) is 23.8 Å². The SMILES string of the molecule is COc1ccc(C(N)c2nccn2CN(C)C)cc1. The summed E-state index contributed by atoms with van der Waals surface area (Å²) in [6.45, 7) is 0.763. The van der Waals surface area contributed by atoms with Crippen LogP contribution in [0.5, 0.6) is 5.75 Å². The molecule has 5 nitrogen and oxygen atoms in total. The number of aromatic nitrogens is 2. The van der Waals surface area contributed by atoms with Crippen LogP contribution in [0, 0.1) is 0 Å². The predicted octanol–water partition coefficient (Wildman–Crippen LogP) is 1.46. The van der Waals surface area contributed by atoms with Gasteiger partial charge >= 0.3 is 0 Å². The molecule has 0 aliphatic carbocycles. The maximum atomic E-state index is 6.29. The van der Waals surface area contributed by atoms with E-state index < -0.39 is 0 Å². The minimum Gasteiger partial charge on any atom is -0.497 e. The van der Waals surface area contributed by atoms with Crippen molar-refractivity contribution in [2.24, 2.45) is 5.73 Å². The summed E-state index contributed by atoms with van der Waals surface area (Å²) in [5, 5.41) is 0. The summed E-state index contributed by atoms with van der Waals surface area (Å²) in [7, 11) is 5.68. The third-order valence-corrected chi connectivity index (χ3v) is 2.94. The first kappa shape index (κ1) is 13.6. The van der Waals surface area contributed by atoms with Gasteiger partial charge in [-0.2, -0.15) is 0 Å². The van der Waals surface area contributed by atoms with Gasteiger partial charge in [-0.1, -0.05) is 12.1 Å². The van der Waals surface area contributed by atoms with Gasteiger partial charge in [-0.3, -0.25) is 4.90 Å². The minimum absolute atomic E-state index is 0.235. The Labute approximate surface area is 113 Å². The van der Waals surface area contributed by atoms with Crippen LogP contribution in [-0.4, -0.2) is 35.7 Å². The number of nitrogens with zero attached hydrogens (tertiary/aromatic N) is 3. The van der Waals surface area contributed by atoms with Gasteiger partial charge in [-0.05, 0) is 31.8 Å². The van der Waals surface area contributed by atoms with Crippen molar-refractivity contribution < 1.29 is 4.74 Å². The fourth-order valence-electron chi connectivity index (χ4n) is 1.98. The summed E-state index contributed by atoms with van der Waals surface area (Å²) in [6, 6.07) is 7.53. The molecule has 2 aromatic rings. The fourth-order valence-corrected chi connectivity index (χ4v) is 1.98.